The molecule has 1 aliphatic heterocycles. The lowest BCUT2D eigenvalue weighted by Crippen LogP contribution is -2.42. The summed E-state index contributed by atoms with van der Waals surface area (Å²) in [5.74, 6) is -0.671. The Hall–Kier alpha value is -1.53. The summed E-state index contributed by atoms with van der Waals surface area (Å²) in [6, 6.07) is 11.9. The minimum Gasteiger partial charge on any atom is -0.412 e. The molecule has 1 aliphatic rings. The number of aliphatic hydroxyl groups is 1. The van der Waals surface area contributed by atoms with E-state index in [0.29, 0.717) is 11.1 Å². The number of hydrogen-bond acceptors (Lipinski definition) is 2. The van der Waals surface area contributed by atoms with Crippen LogP contribution in [0.5, 0.6) is 0 Å². The smallest absolute Gasteiger partial charge is 0.123 e. The number of piperidine rings is 1. The molecule has 0 bridgehead atoms. The zero-order valence-corrected chi connectivity index (χ0v) is 14.0. The molecule has 0 aliphatic carbocycles. The molecule has 24 heavy (non-hydrogen) atoms. The van der Waals surface area contributed by atoms with Crippen LogP contribution in [0.2, 0.25) is 0 Å². The molecule has 1 saturated heterocycles. The van der Waals surface area contributed by atoms with Gasteiger partial charge in [0.15, 0.2) is 0 Å². The van der Waals surface area contributed by atoms with E-state index in [0.717, 1.165) is 25.9 Å². The van der Waals surface area contributed by atoms with Crippen molar-refractivity contribution in [3.05, 3.63) is 71.3 Å². The highest BCUT2D eigenvalue weighted by Gasteiger charge is 2.40. The summed E-state index contributed by atoms with van der Waals surface area (Å²) in [6.07, 6.45) is 1.62. The third kappa shape index (κ3) is 3.92. The van der Waals surface area contributed by atoms with E-state index < -0.39 is 5.60 Å². The third-order valence-electron chi connectivity index (χ3n) is 4.50. The maximum absolute atomic E-state index is 13.2. The van der Waals surface area contributed by atoms with E-state index >= 15 is 0 Å². The average Bonchev–Trinajstić information content (AvgIpc) is 2.56. The van der Waals surface area contributed by atoms with E-state index in [9.17, 15) is 13.9 Å². The topological polar surface area (TPSA) is 63.8 Å². The van der Waals surface area contributed by atoms with Gasteiger partial charge in [-0.1, -0.05) is 24.3 Å². The maximum Gasteiger partial charge on any atom is 0.123 e. The lowest BCUT2D eigenvalue weighted by molar-refractivity contribution is 0.00226. The minimum atomic E-state index is -1.23. The first-order chi connectivity index (χ1) is 10.6. The van der Waals surface area contributed by atoms with Crippen LogP contribution < -0.4 is 5.32 Å². The molecule has 3 rings (SSSR count). The van der Waals surface area contributed by atoms with E-state index in [1.54, 1.807) is 24.3 Å². The number of halogens is 3. The largest absolute Gasteiger partial charge is 0.412 e. The van der Waals surface area contributed by atoms with Crippen LogP contribution in [0.4, 0.5) is 8.78 Å². The number of benzene rings is 2. The van der Waals surface area contributed by atoms with Crippen molar-refractivity contribution in [2.24, 2.45) is 5.92 Å². The van der Waals surface area contributed by atoms with Crippen molar-refractivity contribution in [3.8, 4) is 0 Å². The Kier molecular flexibility index (Phi) is 7.29. The van der Waals surface area contributed by atoms with Crippen LogP contribution in [0.1, 0.15) is 24.0 Å². The molecule has 0 amide bonds. The van der Waals surface area contributed by atoms with Gasteiger partial charge in [-0.2, -0.15) is 0 Å². The predicted octanol–water partition coefficient (Wildman–Crippen LogP) is 2.80. The average molecular weight is 358 g/mol. The van der Waals surface area contributed by atoms with Gasteiger partial charge in [0, 0.05) is 0 Å². The molecular formula is C18H22ClF2NO2. The van der Waals surface area contributed by atoms with Gasteiger partial charge in [-0.05, 0) is 67.2 Å². The zero-order valence-electron chi connectivity index (χ0n) is 13.1. The Balaban J connectivity index is 0.00000144. The van der Waals surface area contributed by atoms with Crippen molar-refractivity contribution < 1.29 is 19.4 Å². The van der Waals surface area contributed by atoms with Crippen LogP contribution in [0.15, 0.2) is 48.5 Å². The van der Waals surface area contributed by atoms with Gasteiger partial charge in [0.05, 0.1) is 0 Å². The molecule has 0 spiro atoms. The molecule has 0 radical (unpaired) electrons. The van der Waals surface area contributed by atoms with Crippen molar-refractivity contribution >= 4 is 12.4 Å². The molecule has 0 aromatic heterocycles. The van der Waals surface area contributed by atoms with Crippen molar-refractivity contribution in [1.29, 1.82) is 0 Å². The van der Waals surface area contributed by atoms with Gasteiger partial charge in [-0.25, -0.2) is 8.78 Å². The van der Waals surface area contributed by atoms with Gasteiger partial charge in [0.25, 0.3) is 0 Å². The fourth-order valence-electron chi connectivity index (χ4n) is 3.29. The summed E-state index contributed by atoms with van der Waals surface area (Å²) in [5, 5.41) is 14.8. The standard InChI is InChI=1S/C18H19F2NO.ClH.H2O/c19-16-5-1-13(2-6-16)18(22,15-9-11-21-12-10-15)14-3-7-17(20)8-4-14;;/h1-8,15,21-22H,9-12H2;1H;1H2. The predicted molar refractivity (Wildman–Crippen MR) is 92.3 cm³/mol. The zero-order chi connectivity index (χ0) is 15.6. The number of rotatable bonds is 3. The Morgan fingerprint density at radius 3 is 1.58 bits per heavy atom. The normalized spacial score (nSPS) is 15.3. The van der Waals surface area contributed by atoms with Crippen molar-refractivity contribution in [3.63, 3.8) is 0 Å². The quantitative estimate of drug-likeness (QED) is 0.887. The van der Waals surface area contributed by atoms with Gasteiger partial charge in [-0.3, -0.25) is 0 Å². The fraction of sp³-hybridized carbons (Fsp3) is 0.333. The molecule has 1 fully saturated rings. The highest BCUT2D eigenvalue weighted by Crippen LogP contribution is 2.41. The lowest BCUT2D eigenvalue weighted by Gasteiger charge is -2.39. The summed E-state index contributed by atoms with van der Waals surface area (Å²) in [7, 11) is 0. The van der Waals surface area contributed by atoms with Crippen LogP contribution in [0.25, 0.3) is 0 Å². The highest BCUT2D eigenvalue weighted by molar-refractivity contribution is 5.85. The van der Waals surface area contributed by atoms with Crippen molar-refractivity contribution in [1.82, 2.24) is 5.32 Å². The van der Waals surface area contributed by atoms with Gasteiger partial charge in [0.2, 0.25) is 0 Å². The third-order valence-corrected chi connectivity index (χ3v) is 4.50. The van der Waals surface area contributed by atoms with Crippen LogP contribution >= 0.6 is 12.4 Å². The van der Waals surface area contributed by atoms with Crippen LogP contribution in [-0.2, 0) is 5.60 Å². The summed E-state index contributed by atoms with van der Waals surface area (Å²) < 4.78 is 26.5. The van der Waals surface area contributed by atoms with Crippen LogP contribution in [0.3, 0.4) is 0 Å². The second-order valence-corrected chi connectivity index (χ2v) is 5.80. The van der Waals surface area contributed by atoms with Crippen molar-refractivity contribution in [2.75, 3.05) is 13.1 Å². The first-order valence-corrected chi connectivity index (χ1v) is 7.56. The molecule has 3 nitrogen and oxygen atoms in total. The maximum atomic E-state index is 13.2. The van der Waals surface area contributed by atoms with Gasteiger partial charge in [-0.15, -0.1) is 12.4 Å². The van der Waals surface area contributed by atoms with Crippen molar-refractivity contribution in [2.45, 2.75) is 18.4 Å². The number of hydrogen-bond donors (Lipinski definition) is 2. The highest BCUT2D eigenvalue weighted by atomic mass is 35.5. The molecule has 4 N–H and O–H groups in total. The van der Waals surface area contributed by atoms with E-state index in [4.69, 9.17) is 0 Å². The fourth-order valence-corrected chi connectivity index (χ4v) is 3.29. The van der Waals surface area contributed by atoms with E-state index in [1.165, 1.54) is 24.3 Å². The molecular weight excluding hydrogens is 336 g/mol. The first-order valence-electron chi connectivity index (χ1n) is 7.56. The van der Waals surface area contributed by atoms with Crippen LogP contribution in [0, 0.1) is 17.6 Å². The molecule has 0 saturated carbocycles. The van der Waals surface area contributed by atoms with Crippen LogP contribution in [-0.4, -0.2) is 23.7 Å². The second kappa shape index (κ2) is 8.53. The van der Waals surface area contributed by atoms with E-state index in [1.807, 2.05) is 0 Å². The molecule has 0 unspecified atom stereocenters. The molecule has 0 atom stereocenters. The molecule has 2 aromatic carbocycles. The SMILES string of the molecule is Cl.O.OC(c1ccc(F)cc1)(c1ccc(F)cc1)C1CCNCC1. The first kappa shape index (κ1) is 20.5. The minimum absolute atomic E-state index is 0. The van der Waals surface area contributed by atoms with Gasteiger partial charge >= 0.3 is 0 Å². The summed E-state index contributed by atoms with van der Waals surface area (Å²) in [4.78, 5) is 0. The summed E-state index contributed by atoms with van der Waals surface area (Å²) >= 11 is 0. The molecule has 132 valence electrons. The summed E-state index contributed by atoms with van der Waals surface area (Å²) in [5.41, 5.74) is 0.0589. The summed E-state index contributed by atoms with van der Waals surface area (Å²) in [6.45, 7) is 1.66. The van der Waals surface area contributed by atoms with Gasteiger partial charge < -0.3 is 15.9 Å². The Bertz CT molecular complexity index is 583. The molecule has 6 heteroatoms. The van der Waals surface area contributed by atoms with E-state index in [2.05, 4.69) is 5.32 Å². The molecule has 1 heterocycles. The van der Waals surface area contributed by atoms with E-state index in [-0.39, 0.29) is 35.4 Å². The Morgan fingerprint density at radius 1 is 0.833 bits per heavy atom. The van der Waals surface area contributed by atoms with Gasteiger partial charge in [0.1, 0.15) is 17.2 Å². The monoisotopic (exact) mass is 357 g/mol. The molecule has 2 aromatic rings. The Labute approximate surface area is 146 Å². The Morgan fingerprint density at radius 2 is 1.21 bits per heavy atom. The second-order valence-electron chi connectivity index (χ2n) is 5.80. The number of nitrogens with one attached hydrogen (secondary N) is 1. The lowest BCUT2D eigenvalue weighted by atomic mass is 9.72.